The monoisotopic (exact) mass is 170 g/mol. The zero-order valence-electron chi connectivity index (χ0n) is 7.72. The zero-order chi connectivity index (χ0) is 9.19. The summed E-state index contributed by atoms with van der Waals surface area (Å²) in [7, 11) is 0. The van der Waals surface area contributed by atoms with Crippen molar-refractivity contribution in [2.45, 2.75) is 32.4 Å². The van der Waals surface area contributed by atoms with E-state index < -0.39 is 5.66 Å². The van der Waals surface area contributed by atoms with Gasteiger partial charge in [-0.25, -0.2) is 5.43 Å². The van der Waals surface area contributed by atoms with Crippen LogP contribution in [0.25, 0.3) is 0 Å². The van der Waals surface area contributed by atoms with E-state index in [1.54, 1.807) is 0 Å². The van der Waals surface area contributed by atoms with Crippen LogP contribution in [0.4, 0.5) is 0 Å². The molecule has 0 aromatic rings. The van der Waals surface area contributed by atoms with Crippen molar-refractivity contribution >= 4 is 0 Å². The highest BCUT2D eigenvalue weighted by atomic mass is 15.5. The number of hydrogen-bond acceptors (Lipinski definition) is 4. The van der Waals surface area contributed by atoms with E-state index in [-0.39, 0.29) is 0 Å². The van der Waals surface area contributed by atoms with Crippen molar-refractivity contribution in [1.82, 2.24) is 10.9 Å². The van der Waals surface area contributed by atoms with Crippen LogP contribution in [0.15, 0.2) is 11.9 Å². The highest BCUT2D eigenvalue weighted by Crippen LogP contribution is 2.15. The Kier molecular flexibility index (Phi) is 2.59. The molecule has 0 bridgehead atoms. The Morgan fingerprint density at radius 2 is 2.25 bits per heavy atom. The minimum absolute atomic E-state index is 0.450. The first kappa shape index (κ1) is 9.35. The van der Waals surface area contributed by atoms with Gasteiger partial charge in [-0.15, -0.1) is 0 Å². The Morgan fingerprint density at radius 1 is 1.58 bits per heavy atom. The molecule has 1 unspecified atom stereocenters. The van der Waals surface area contributed by atoms with E-state index in [9.17, 15) is 0 Å². The van der Waals surface area contributed by atoms with E-state index in [1.165, 1.54) is 0 Å². The average Bonchev–Trinajstić information content (AvgIpc) is 2.29. The number of nitrogens with one attached hydrogen (secondary N) is 2. The fraction of sp³-hybridized carbons (Fsp3) is 0.750. The van der Waals surface area contributed by atoms with Gasteiger partial charge in [0.25, 0.3) is 0 Å². The Bertz CT molecular complexity index is 187. The lowest BCUT2D eigenvalue weighted by Crippen LogP contribution is -2.52. The molecule has 70 valence electrons. The molecule has 0 aliphatic carbocycles. The molecule has 6 N–H and O–H groups in total. The van der Waals surface area contributed by atoms with E-state index in [2.05, 4.69) is 24.7 Å². The lowest BCUT2D eigenvalue weighted by Gasteiger charge is -2.22. The van der Waals surface area contributed by atoms with Crippen LogP contribution in [0.5, 0.6) is 0 Å². The maximum atomic E-state index is 5.97. The summed E-state index contributed by atoms with van der Waals surface area (Å²) in [5, 5.41) is 0. The molecule has 12 heavy (non-hydrogen) atoms. The molecule has 0 aromatic carbocycles. The first-order valence-corrected chi connectivity index (χ1v) is 4.32. The largest absolute Gasteiger partial charge is 0.385 e. The van der Waals surface area contributed by atoms with Crippen LogP contribution in [-0.2, 0) is 0 Å². The third-order valence-corrected chi connectivity index (χ3v) is 1.99. The van der Waals surface area contributed by atoms with Crippen LogP contribution in [0, 0.1) is 5.92 Å². The molecule has 1 aliphatic rings. The summed E-state index contributed by atoms with van der Waals surface area (Å²) >= 11 is 0. The van der Waals surface area contributed by atoms with Crippen molar-refractivity contribution in [3.8, 4) is 0 Å². The molecule has 0 aromatic heterocycles. The summed E-state index contributed by atoms with van der Waals surface area (Å²) in [5.74, 6) is 1.28. The van der Waals surface area contributed by atoms with Crippen molar-refractivity contribution < 1.29 is 0 Å². The Morgan fingerprint density at radius 3 is 2.67 bits per heavy atom. The predicted octanol–water partition coefficient (Wildman–Crippen LogP) is -0.0145. The SMILES string of the molecule is CC(C)CCC1(N)C=C(N)NN1. The van der Waals surface area contributed by atoms with Crippen molar-refractivity contribution in [3.05, 3.63) is 11.9 Å². The van der Waals surface area contributed by atoms with E-state index in [4.69, 9.17) is 11.5 Å². The van der Waals surface area contributed by atoms with Gasteiger partial charge in [0.05, 0.1) is 0 Å². The molecule has 0 saturated heterocycles. The van der Waals surface area contributed by atoms with E-state index in [1.807, 2.05) is 6.08 Å². The van der Waals surface area contributed by atoms with Gasteiger partial charge < -0.3 is 16.9 Å². The van der Waals surface area contributed by atoms with Crippen LogP contribution in [-0.4, -0.2) is 5.66 Å². The smallest absolute Gasteiger partial charge is 0.110 e. The predicted molar refractivity (Wildman–Crippen MR) is 49.5 cm³/mol. The second-order valence-corrected chi connectivity index (χ2v) is 3.82. The average molecular weight is 170 g/mol. The molecule has 0 saturated carbocycles. The second-order valence-electron chi connectivity index (χ2n) is 3.82. The van der Waals surface area contributed by atoms with Crippen molar-refractivity contribution in [3.63, 3.8) is 0 Å². The molecule has 0 fully saturated rings. The first-order valence-electron chi connectivity index (χ1n) is 4.32. The molecule has 1 aliphatic heterocycles. The van der Waals surface area contributed by atoms with Crippen LogP contribution < -0.4 is 22.3 Å². The van der Waals surface area contributed by atoms with Gasteiger partial charge in [-0.05, 0) is 24.8 Å². The quantitative estimate of drug-likeness (QED) is 0.480. The molecule has 4 heteroatoms. The van der Waals surface area contributed by atoms with Gasteiger partial charge in [0.1, 0.15) is 11.5 Å². The fourth-order valence-corrected chi connectivity index (χ4v) is 1.20. The van der Waals surface area contributed by atoms with Gasteiger partial charge in [-0.1, -0.05) is 13.8 Å². The minimum Gasteiger partial charge on any atom is -0.385 e. The van der Waals surface area contributed by atoms with E-state index in [0.717, 1.165) is 12.8 Å². The summed E-state index contributed by atoms with van der Waals surface area (Å²) in [6, 6.07) is 0. The maximum Gasteiger partial charge on any atom is 0.110 e. The standard InChI is InChI=1S/C8H18N4/c1-6(2)3-4-8(10)5-7(9)11-12-8/h5-6,11-12H,3-4,9-10H2,1-2H3. The van der Waals surface area contributed by atoms with E-state index in [0.29, 0.717) is 11.7 Å². The van der Waals surface area contributed by atoms with Gasteiger partial charge in [0, 0.05) is 0 Å². The highest BCUT2D eigenvalue weighted by Gasteiger charge is 2.26. The molecular formula is C8H18N4. The minimum atomic E-state index is -0.450. The normalized spacial score (nSPS) is 28.8. The maximum absolute atomic E-state index is 5.97. The molecule has 1 heterocycles. The lowest BCUT2D eigenvalue weighted by molar-refractivity contribution is 0.353. The molecule has 0 radical (unpaired) electrons. The Hall–Kier alpha value is -0.740. The van der Waals surface area contributed by atoms with Gasteiger partial charge in [-0.2, -0.15) is 0 Å². The van der Waals surface area contributed by atoms with Crippen LogP contribution in [0.1, 0.15) is 26.7 Å². The summed E-state index contributed by atoms with van der Waals surface area (Å²) < 4.78 is 0. The van der Waals surface area contributed by atoms with Crippen LogP contribution >= 0.6 is 0 Å². The third-order valence-electron chi connectivity index (χ3n) is 1.99. The van der Waals surface area contributed by atoms with Crippen LogP contribution in [0.3, 0.4) is 0 Å². The Labute approximate surface area is 73.3 Å². The number of rotatable bonds is 3. The molecule has 0 spiro atoms. The molecule has 1 rings (SSSR count). The Balaban J connectivity index is 2.40. The zero-order valence-corrected chi connectivity index (χ0v) is 7.72. The van der Waals surface area contributed by atoms with Gasteiger partial charge in [0.2, 0.25) is 0 Å². The van der Waals surface area contributed by atoms with Crippen LogP contribution in [0.2, 0.25) is 0 Å². The van der Waals surface area contributed by atoms with Crippen molar-refractivity contribution in [2.24, 2.45) is 17.4 Å². The van der Waals surface area contributed by atoms with Gasteiger partial charge in [0.15, 0.2) is 0 Å². The number of hydrazine groups is 1. The van der Waals surface area contributed by atoms with Crippen molar-refractivity contribution in [2.75, 3.05) is 0 Å². The van der Waals surface area contributed by atoms with E-state index >= 15 is 0 Å². The number of hydrogen-bond donors (Lipinski definition) is 4. The molecule has 4 nitrogen and oxygen atoms in total. The highest BCUT2D eigenvalue weighted by molar-refractivity contribution is 5.13. The summed E-state index contributed by atoms with van der Waals surface area (Å²) in [4.78, 5) is 0. The molecule has 1 atom stereocenters. The second kappa shape index (κ2) is 3.33. The first-order chi connectivity index (χ1) is 5.52. The molecular weight excluding hydrogens is 152 g/mol. The summed E-state index contributed by atoms with van der Waals surface area (Å²) in [6.45, 7) is 4.36. The van der Waals surface area contributed by atoms with Gasteiger partial charge in [-0.3, -0.25) is 0 Å². The summed E-state index contributed by atoms with van der Waals surface area (Å²) in [5.41, 5.74) is 16.8. The number of nitrogens with two attached hydrogens (primary N) is 2. The third kappa shape index (κ3) is 2.39. The lowest BCUT2D eigenvalue weighted by atomic mass is 9.99. The molecule has 0 amide bonds. The summed E-state index contributed by atoms with van der Waals surface area (Å²) in [6.07, 6.45) is 3.82. The van der Waals surface area contributed by atoms with Gasteiger partial charge >= 0.3 is 0 Å². The topological polar surface area (TPSA) is 76.1 Å². The van der Waals surface area contributed by atoms with Crippen molar-refractivity contribution in [1.29, 1.82) is 0 Å². The fourth-order valence-electron chi connectivity index (χ4n) is 1.20.